The Morgan fingerprint density at radius 3 is 2.83 bits per heavy atom. The number of benzene rings is 1. The van der Waals surface area contributed by atoms with E-state index in [4.69, 9.17) is 4.74 Å². The molecule has 1 aromatic carbocycles. The molecule has 0 bridgehead atoms. The minimum absolute atomic E-state index is 0.00109. The van der Waals surface area contributed by atoms with E-state index in [1.165, 1.54) is 7.11 Å². The first-order chi connectivity index (χ1) is 11.0. The number of hydrogen-bond acceptors (Lipinski definition) is 5. The summed E-state index contributed by atoms with van der Waals surface area (Å²) in [6.07, 6.45) is 0.145. The SMILES string of the molecule is COC(=O)C[C@H]1[C@H]2[C@@H]1[C@@](C#N)(N[C@H](C)c1ccccc1)C[C@@H]2O. The Labute approximate surface area is 136 Å². The molecule has 1 aromatic rings. The average Bonchev–Trinajstić information content (AvgIpc) is 3.21. The number of hydrogen-bond donors (Lipinski definition) is 2. The van der Waals surface area contributed by atoms with Gasteiger partial charge in [0.2, 0.25) is 0 Å². The lowest BCUT2D eigenvalue weighted by Gasteiger charge is -2.31. The van der Waals surface area contributed by atoms with Crippen LogP contribution in [0.3, 0.4) is 0 Å². The van der Waals surface area contributed by atoms with Crippen LogP contribution in [-0.4, -0.2) is 29.8 Å². The predicted molar refractivity (Wildman–Crippen MR) is 84.1 cm³/mol. The van der Waals surface area contributed by atoms with Gasteiger partial charge < -0.3 is 9.84 Å². The molecule has 5 heteroatoms. The zero-order valence-corrected chi connectivity index (χ0v) is 13.4. The van der Waals surface area contributed by atoms with Crippen molar-refractivity contribution < 1.29 is 14.6 Å². The van der Waals surface area contributed by atoms with Crippen LogP contribution in [0.15, 0.2) is 30.3 Å². The molecule has 0 amide bonds. The van der Waals surface area contributed by atoms with E-state index in [0.29, 0.717) is 6.42 Å². The molecule has 5 nitrogen and oxygen atoms in total. The number of carbonyl (C=O) groups excluding carboxylic acids is 1. The molecule has 122 valence electrons. The molecule has 2 aliphatic rings. The normalized spacial score (nSPS) is 35.9. The number of nitriles is 1. The highest BCUT2D eigenvalue weighted by atomic mass is 16.5. The van der Waals surface area contributed by atoms with Gasteiger partial charge in [-0.05, 0) is 30.2 Å². The number of rotatable bonds is 5. The zero-order valence-electron chi connectivity index (χ0n) is 13.4. The number of methoxy groups -OCH3 is 1. The zero-order chi connectivity index (χ0) is 16.6. The molecule has 0 heterocycles. The Balaban J connectivity index is 1.76. The summed E-state index contributed by atoms with van der Waals surface area (Å²) >= 11 is 0. The first kappa shape index (κ1) is 16.0. The van der Waals surface area contributed by atoms with E-state index in [1.54, 1.807) is 0 Å². The minimum Gasteiger partial charge on any atom is -0.469 e. The monoisotopic (exact) mass is 314 g/mol. The molecule has 0 spiro atoms. The molecule has 0 radical (unpaired) electrons. The average molecular weight is 314 g/mol. The number of esters is 1. The highest BCUT2D eigenvalue weighted by molar-refractivity contribution is 5.70. The van der Waals surface area contributed by atoms with Crippen molar-refractivity contribution in [2.24, 2.45) is 17.8 Å². The van der Waals surface area contributed by atoms with E-state index >= 15 is 0 Å². The van der Waals surface area contributed by atoms with Crippen molar-refractivity contribution in [3.63, 3.8) is 0 Å². The molecular weight excluding hydrogens is 292 g/mol. The van der Waals surface area contributed by atoms with Gasteiger partial charge in [0.15, 0.2) is 0 Å². The fourth-order valence-corrected chi connectivity index (χ4v) is 4.28. The first-order valence-corrected chi connectivity index (χ1v) is 8.01. The van der Waals surface area contributed by atoms with Crippen LogP contribution < -0.4 is 5.32 Å². The summed E-state index contributed by atoms with van der Waals surface area (Å²) in [5.41, 5.74) is 0.322. The predicted octanol–water partition coefficient (Wildman–Crippen LogP) is 1.79. The van der Waals surface area contributed by atoms with Gasteiger partial charge in [-0.3, -0.25) is 10.1 Å². The molecule has 2 saturated carbocycles. The van der Waals surface area contributed by atoms with Crippen LogP contribution in [0.2, 0.25) is 0 Å². The lowest BCUT2D eigenvalue weighted by molar-refractivity contribution is -0.141. The van der Waals surface area contributed by atoms with E-state index in [0.717, 1.165) is 5.56 Å². The Hall–Kier alpha value is -1.90. The summed E-state index contributed by atoms with van der Waals surface area (Å²) in [5, 5.41) is 23.5. The van der Waals surface area contributed by atoms with Gasteiger partial charge in [0.05, 0.1) is 19.3 Å². The van der Waals surface area contributed by atoms with Crippen molar-refractivity contribution in [3.8, 4) is 6.07 Å². The number of carbonyl (C=O) groups is 1. The molecule has 6 atom stereocenters. The van der Waals surface area contributed by atoms with E-state index in [9.17, 15) is 15.2 Å². The smallest absolute Gasteiger partial charge is 0.305 e. The van der Waals surface area contributed by atoms with Gasteiger partial charge in [-0.25, -0.2) is 0 Å². The van der Waals surface area contributed by atoms with E-state index in [-0.39, 0.29) is 36.2 Å². The van der Waals surface area contributed by atoms with Gasteiger partial charge in [0, 0.05) is 18.9 Å². The molecule has 23 heavy (non-hydrogen) atoms. The van der Waals surface area contributed by atoms with E-state index in [2.05, 4.69) is 11.4 Å². The summed E-state index contributed by atoms with van der Waals surface area (Å²) < 4.78 is 4.73. The van der Waals surface area contributed by atoms with Crippen molar-refractivity contribution in [3.05, 3.63) is 35.9 Å². The number of ether oxygens (including phenoxy) is 1. The maximum Gasteiger partial charge on any atom is 0.305 e. The van der Waals surface area contributed by atoms with Crippen LogP contribution in [0.1, 0.15) is 31.4 Å². The van der Waals surface area contributed by atoms with Crippen LogP contribution in [-0.2, 0) is 9.53 Å². The molecule has 0 unspecified atom stereocenters. The fourth-order valence-electron chi connectivity index (χ4n) is 4.28. The van der Waals surface area contributed by atoms with Gasteiger partial charge in [0.1, 0.15) is 5.54 Å². The number of aliphatic hydroxyl groups is 1. The molecule has 2 N–H and O–H groups in total. The van der Waals surface area contributed by atoms with Crippen molar-refractivity contribution in [1.82, 2.24) is 5.32 Å². The van der Waals surface area contributed by atoms with E-state index < -0.39 is 11.6 Å². The van der Waals surface area contributed by atoms with Crippen LogP contribution in [0.5, 0.6) is 0 Å². The van der Waals surface area contributed by atoms with Crippen molar-refractivity contribution in [2.45, 2.75) is 37.5 Å². The number of fused-ring (bicyclic) bond motifs is 1. The second-order valence-corrected chi connectivity index (χ2v) is 6.68. The molecule has 2 fully saturated rings. The Bertz CT molecular complexity index is 627. The molecule has 0 saturated heterocycles. The molecule has 0 aliphatic heterocycles. The molecular formula is C18H22N2O3. The van der Waals surface area contributed by atoms with Crippen molar-refractivity contribution in [1.29, 1.82) is 5.26 Å². The third kappa shape index (κ3) is 2.73. The Morgan fingerprint density at radius 2 is 2.22 bits per heavy atom. The lowest BCUT2D eigenvalue weighted by atomic mass is 9.88. The van der Waals surface area contributed by atoms with Crippen LogP contribution in [0, 0.1) is 29.1 Å². The van der Waals surface area contributed by atoms with Crippen LogP contribution in [0.25, 0.3) is 0 Å². The highest BCUT2D eigenvalue weighted by Gasteiger charge is 2.70. The second-order valence-electron chi connectivity index (χ2n) is 6.68. The topological polar surface area (TPSA) is 82.4 Å². The largest absolute Gasteiger partial charge is 0.469 e. The molecule has 2 aliphatic carbocycles. The summed E-state index contributed by atoms with van der Waals surface area (Å²) in [6.45, 7) is 2.02. The van der Waals surface area contributed by atoms with Crippen LogP contribution >= 0.6 is 0 Å². The molecule has 0 aromatic heterocycles. The second kappa shape index (κ2) is 5.95. The van der Waals surface area contributed by atoms with Crippen LogP contribution in [0.4, 0.5) is 0 Å². The third-order valence-corrected chi connectivity index (χ3v) is 5.38. The quantitative estimate of drug-likeness (QED) is 0.810. The molecule has 3 rings (SSSR count). The number of nitrogens with one attached hydrogen (secondary N) is 1. The van der Waals surface area contributed by atoms with Crippen molar-refractivity contribution in [2.75, 3.05) is 7.11 Å². The summed E-state index contributed by atoms with van der Waals surface area (Å²) in [5.74, 6) is -0.224. The summed E-state index contributed by atoms with van der Waals surface area (Å²) in [6, 6.07) is 12.3. The van der Waals surface area contributed by atoms with Gasteiger partial charge in [0.25, 0.3) is 0 Å². The Kier molecular flexibility index (Phi) is 4.13. The van der Waals surface area contributed by atoms with Gasteiger partial charge in [-0.1, -0.05) is 30.3 Å². The maximum absolute atomic E-state index is 11.5. The number of nitrogens with zero attached hydrogens (tertiary/aromatic N) is 1. The minimum atomic E-state index is -0.780. The number of aliphatic hydroxyl groups excluding tert-OH is 1. The maximum atomic E-state index is 11.5. The standard InChI is InChI=1S/C18H22N2O3/c1-11(12-6-4-3-5-7-12)20-18(10-19)9-14(21)16-13(17(16)18)8-15(22)23-2/h3-7,11,13-14,16-17,20-21H,8-9H2,1-2H3/t11-,13+,14+,16-,17-,18-/m1/s1. The highest BCUT2D eigenvalue weighted by Crippen LogP contribution is 2.63. The van der Waals surface area contributed by atoms with Crippen molar-refractivity contribution >= 4 is 5.97 Å². The van der Waals surface area contributed by atoms with Gasteiger partial charge in [-0.15, -0.1) is 0 Å². The fraction of sp³-hybridized carbons (Fsp3) is 0.556. The summed E-state index contributed by atoms with van der Waals surface area (Å²) in [7, 11) is 1.37. The first-order valence-electron chi connectivity index (χ1n) is 8.01. The van der Waals surface area contributed by atoms with Gasteiger partial charge in [-0.2, -0.15) is 5.26 Å². The Morgan fingerprint density at radius 1 is 1.52 bits per heavy atom. The van der Waals surface area contributed by atoms with E-state index in [1.807, 2.05) is 37.3 Å². The lowest BCUT2D eigenvalue weighted by Crippen LogP contribution is -2.47. The summed E-state index contributed by atoms with van der Waals surface area (Å²) in [4.78, 5) is 11.5. The van der Waals surface area contributed by atoms with Gasteiger partial charge >= 0.3 is 5.97 Å². The third-order valence-electron chi connectivity index (χ3n) is 5.38.